The van der Waals surface area contributed by atoms with Crippen molar-refractivity contribution in [2.75, 3.05) is 0 Å². The molecule has 5 heterocycles. The Morgan fingerprint density at radius 1 is 0.222 bits per heavy atom. The van der Waals surface area contributed by atoms with Crippen LogP contribution in [0.2, 0.25) is 5.02 Å². The zero-order valence-corrected chi connectivity index (χ0v) is 65.4. The lowest BCUT2D eigenvalue weighted by Crippen LogP contribution is -2.01. The molecule has 0 saturated heterocycles. The molecule has 0 bridgehead atoms. The van der Waals surface area contributed by atoms with Gasteiger partial charge in [-0.3, -0.25) is 0 Å². The highest BCUT2D eigenvalue weighted by Gasteiger charge is 2.24. The molecule has 18 aromatic carbocycles. The molecule has 0 unspecified atom stereocenters. The second kappa shape index (κ2) is 29.2. The first kappa shape index (κ1) is 69.3. The second-order valence-electron chi connectivity index (χ2n) is 29.6. The number of hydrogen-bond donors (Lipinski definition) is 0. The van der Waals surface area contributed by atoms with E-state index < -0.39 is 0 Å². The van der Waals surface area contributed by atoms with Gasteiger partial charge in [0.15, 0.2) is 34.9 Å². The van der Waals surface area contributed by atoms with Crippen LogP contribution in [0.25, 0.3) is 213 Å². The van der Waals surface area contributed by atoms with Crippen LogP contribution < -0.4 is 0 Å². The third kappa shape index (κ3) is 12.5. The molecule has 5 aromatic heterocycles. The molecule has 10 heteroatoms. The lowest BCUT2D eigenvalue weighted by atomic mass is 10.0. The minimum atomic E-state index is 0.615. The maximum Gasteiger partial charge on any atom is 0.164 e. The first-order valence-corrected chi connectivity index (χ1v) is 41.3. The summed E-state index contributed by atoms with van der Waals surface area (Å²) < 4.78 is 7.33. The summed E-state index contributed by atoms with van der Waals surface area (Å²) in [7, 11) is 0. The summed E-state index contributed by atoms with van der Waals surface area (Å²) in [6, 6.07) is 137. The number of benzene rings is 18. The highest BCUT2D eigenvalue weighted by Crippen LogP contribution is 2.46. The predicted molar refractivity (Wildman–Crippen MR) is 493 cm³/mol. The van der Waals surface area contributed by atoms with Crippen LogP contribution in [0.5, 0.6) is 0 Å². The number of fused-ring (bicyclic) bond motifs is 16. The maximum absolute atomic E-state index is 6.60. The molecule has 23 aromatic rings. The number of thiophene rings is 2. The fourth-order valence-electron chi connectivity index (χ4n) is 17.2. The average molecular weight is 1550 g/mol. The van der Waals surface area contributed by atoms with Gasteiger partial charge in [-0.1, -0.05) is 327 Å². The standard InChI is InChI=1S/C53H32N4S.C37H22ClN3S.C17H12/c1-2-14-33(15-3-1)34-18-10-19-37(30-34)51-54-52(56-53(55-51)43-25-13-29-49-50(43)42-21-7-9-28-48(42)58-49)41-24-11-23-39-38(41)22-12-27-46(39)57-45-26-8-6-20-40(45)44-31-35-16-4-5-17-36(35)32-47(44)57;38-31-19-8-15-26-27(31)16-7-17-28(26)36-39-35(25-13-6-12-24(22-25)23-10-2-1-3-11-23)40-37(41-36)30-18-9-21-33-34(30)29-14-4-5-20-32(29)42-33;1-2-6-13-11-17-15(9-12(13)5-1)10-14-7-3-4-8-16(14)17/h1-32H;1-22H;1-9,11H,10H2. The molecular formula is C107H66ClN7S2. The molecule has 0 N–H and O–H groups in total. The van der Waals surface area contributed by atoms with Gasteiger partial charge >= 0.3 is 0 Å². The van der Waals surface area contributed by atoms with Crippen molar-refractivity contribution >= 4 is 140 Å². The molecule has 0 fully saturated rings. The molecule has 1 aliphatic rings. The summed E-state index contributed by atoms with van der Waals surface area (Å²) in [6.45, 7) is 0. The Balaban J connectivity index is 0.000000121. The summed E-state index contributed by atoms with van der Waals surface area (Å²) in [4.78, 5) is 31.3. The van der Waals surface area contributed by atoms with Gasteiger partial charge in [0.05, 0.1) is 16.7 Å². The van der Waals surface area contributed by atoms with E-state index in [2.05, 4.69) is 356 Å². The fourth-order valence-corrected chi connectivity index (χ4v) is 19.7. The van der Waals surface area contributed by atoms with E-state index in [4.69, 9.17) is 41.5 Å². The zero-order valence-electron chi connectivity index (χ0n) is 63.0. The number of rotatable bonds is 9. The quantitative estimate of drug-likeness (QED) is 0.143. The van der Waals surface area contributed by atoms with E-state index >= 15 is 0 Å². The summed E-state index contributed by atoms with van der Waals surface area (Å²) >= 11 is 10.2. The highest BCUT2D eigenvalue weighted by molar-refractivity contribution is 7.26. The predicted octanol–water partition coefficient (Wildman–Crippen LogP) is 29.4. The fraction of sp³-hybridized carbons (Fsp3) is 0.00935. The van der Waals surface area contributed by atoms with Gasteiger partial charge in [0.1, 0.15) is 0 Å². The van der Waals surface area contributed by atoms with Crippen LogP contribution in [0.3, 0.4) is 0 Å². The molecule has 0 amide bonds. The molecule has 548 valence electrons. The molecule has 24 rings (SSSR count). The first-order valence-electron chi connectivity index (χ1n) is 39.3. The van der Waals surface area contributed by atoms with Gasteiger partial charge in [-0.05, 0) is 156 Å². The van der Waals surface area contributed by atoms with Gasteiger partial charge in [0.25, 0.3) is 0 Å². The number of aromatic nitrogens is 7. The summed E-state index contributed by atoms with van der Waals surface area (Å²) in [5, 5.41) is 17.2. The van der Waals surface area contributed by atoms with Crippen LogP contribution >= 0.6 is 34.3 Å². The van der Waals surface area contributed by atoms with E-state index in [0.717, 1.165) is 89.3 Å². The van der Waals surface area contributed by atoms with Crippen molar-refractivity contribution in [3.63, 3.8) is 0 Å². The molecule has 117 heavy (non-hydrogen) atoms. The normalized spacial score (nSPS) is 11.8. The van der Waals surface area contributed by atoms with Crippen molar-refractivity contribution in [1.82, 2.24) is 34.5 Å². The SMILES string of the molecule is Clc1cccc2c(-c3nc(-c4cccc(-c5ccccc5)c4)nc(-c4cccc5sc6ccccc6c45)n3)cccc12.c1ccc(-c2cccc(-c3nc(-c4cccc5c(-n6c7ccccc7c7cc8ccccc8cc76)cccc45)nc(-c4cccc5sc6ccccc6c45)n3)c2)cc1.c1ccc2c(c1)Cc1cc3ccccc3cc1-2. The third-order valence-electron chi connectivity index (χ3n) is 22.7. The Kier molecular flexibility index (Phi) is 17.3. The molecule has 0 atom stereocenters. The largest absolute Gasteiger partial charge is 0.309 e. The van der Waals surface area contributed by atoms with Gasteiger partial charge < -0.3 is 4.57 Å². The average Bonchev–Trinajstić information content (AvgIpc) is 1.57. The van der Waals surface area contributed by atoms with Crippen molar-refractivity contribution in [1.29, 1.82) is 0 Å². The van der Waals surface area contributed by atoms with Crippen LogP contribution in [-0.4, -0.2) is 34.5 Å². The van der Waals surface area contributed by atoms with Crippen LogP contribution in [0.1, 0.15) is 11.1 Å². The molecule has 0 aliphatic heterocycles. The van der Waals surface area contributed by atoms with Gasteiger partial charge in [0.2, 0.25) is 0 Å². The van der Waals surface area contributed by atoms with E-state index in [1.165, 1.54) is 106 Å². The number of para-hydroxylation sites is 1. The number of hydrogen-bond acceptors (Lipinski definition) is 8. The van der Waals surface area contributed by atoms with Crippen LogP contribution in [0.4, 0.5) is 0 Å². The van der Waals surface area contributed by atoms with E-state index in [9.17, 15) is 0 Å². The Bertz CT molecular complexity index is 7900. The molecule has 1 aliphatic carbocycles. The van der Waals surface area contributed by atoms with Crippen LogP contribution in [0.15, 0.2) is 388 Å². The smallest absolute Gasteiger partial charge is 0.164 e. The monoisotopic (exact) mass is 1550 g/mol. The Morgan fingerprint density at radius 2 is 0.615 bits per heavy atom. The topological polar surface area (TPSA) is 82.3 Å². The third-order valence-corrected chi connectivity index (χ3v) is 25.3. The van der Waals surface area contributed by atoms with E-state index in [1.54, 1.807) is 22.7 Å². The van der Waals surface area contributed by atoms with Gasteiger partial charge in [-0.2, -0.15) is 0 Å². The Morgan fingerprint density at radius 3 is 1.22 bits per heavy atom. The van der Waals surface area contributed by atoms with Gasteiger partial charge in [-0.15, -0.1) is 22.7 Å². The van der Waals surface area contributed by atoms with E-state index in [1.807, 2.05) is 36.4 Å². The van der Waals surface area contributed by atoms with Gasteiger partial charge in [0, 0.05) is 100 Å². The molecule has 7 nitrogen and oxygen atoms in total. The Hall–Kier alpha value is -14.5. The minimum absolute atomic E-state index is 0.615. The molecule has 0 saturated carbocycles. The van der Waals surface area contributed by atoms with Crippen molar-refractivity contribution in [2.45, 2.75) is 6.42 Å². The summed E-state index contributed by atoms with van der Waals surface area (Å²) in [5.41, 5.74) is 19.5. The van der Waals surface area contributed by atoms with E-state index in [-0.39, 0.29) is 0 Å². The summed E-state index contributed by atoms with van der Waals surface area (Å²) in [5.74, 6) is 3.82. The molecule has 0 radical (unpaired) electrons. The van der Waals surface area contributed by atoms with Crippen LogP contribution in [-0.2, 0) is 6.42 Å². The van der Waals surface area contributed by atoms with Crippen molar-refractivity contribution in [3.8, 4) is 107 Å². The maximum atomic E-state index is 6.60. The number of halogens is 1. The molecular weight excluding hydrogens is 1480 g/mol. The van der Waals surface area contributed by atoms with Crippen molar-refractivity contribution in [2.24, 2.45) is 0 Å². The lowest BCUT2D eigenvalue weighted by Gasteiger charge is -2.15. The minimum Gasteiger partial charge on any atom is -0.309 e. The van der Waals surface area contributed by atoms with Crippen molar-refractivity contribution < 1.29 is 0 Å². The van der Waals surface area contributed by atoms with Crippen molar-refractivity contribution in [3.05, 3.63) is 404 Å². The number of nitrogens with zero attached hydrogens (tertiary/aromatic N) is 7. The molecule has 0 spiro atoms. The lowest BCUT2D eigenvalue weighted by molar-refractivity contribution is 1.08. The van der Waals surface area contributed by atoms with E-state index in [0.29, 0.717) is 40.0 Å². The highest BCUT2D eigenvalue weighted by atomic mass is 35.5. The van der Waals surface area contributed by atoms with Gasteiger partial charge in [-0.25, -0.2) is 29.9 Å². The summed E-state index contributed by atoms with van der Waals surface area (Å²) in [6.07, 6.45) is 1.08. The van der Waals surface area contributed by atoms with Crippen LogP contribution in [0, 0.1) is 0 Å². The first-order chi connectivity index (χ1) is 57.9. The Labute approximate surface area is 687 Å². The zero-order chi connectivity index (χ0) is 77.4. The second-order valence-corrected chi connectivity index (χ2v) is 32.2.